The number of aromatic hydroxyl groups is 1. The second kappa shape index (κ2) is 9.17. The molecule has 0 aliphatic rings. The molecule has 2 radical (unpaired) electrons. The molecule has 0 unspecified atom stereocenters. The standard InChI is InChI=1S/C12H13NO7S2.2Na/c14-12-7-10(22(18,19)20)5-8-1-2-9(6-11(8)12)13-3-4-21(15,16)17;;/h1-2,5-7,13-14H,3-4H2,(H,15,16,17)(H,18,19,20);;. The Bertz CT molecular complexity index is 930. The fourth-order valence-corrected chi connectivity index (χ4v) is 2.79. The zero-order chi connectivity index (χ0) is 16.5. The molecule has 2 aromatic rings. The Balaban J connectivity index is 0.00000264. The maximum atomic E-state index is 11.1. The molecule has 8 nitrogen and oxygen atoms in total. The Hall–Kier alpha value is 0.120. The molecule has 24 heavy (non-hydrogen) atoms. The third-order valence-corrected chi connectivity index (χ3v) is 4.44. The van der Waals surface area contributed by atoms with Crippen molar-refractivity contribution in [1.82, 2.24) is 0 Å². The van der Waals surface area contributed by atoms with Crippen LogP contribution < -0.4 is 5.32 Å². The molecule has 0 spiro atoms. The van der Waals surface area contributed by atoms with E-state index in [0.29, 0.717) is 16.5 Å². The number of hydrogen-bond donors (Lipinski definition) is 4. The molecule has 12 heteroatoms. The van der Waals surface area contributed by atoms with E-state index in [4.69, 9.17) is 9.11 Å². The van der Waals surface area contributed by atoms with Crippen LogP contribution in [0.2, 0.25) is 0 Å². The Kier molecular flexibility index (Phi) is 9.22. The van der Waals surface area contributed by atoms with Crippen molar-refractivity contribution in [2.45, 2.75) is 4.90 Å². The molecule has 0 saturated heterocycles. The van der Waals surface area contributed by atoms with Crippen molar-refractivity contribution in [2.75, 3.05) is 17.6 Å². The van der Waals surface area contributed by atoms with Gasteiger partial charge < -0.3 is 10.4 Å². The van der Waals surface area contributed by atoms with Gasteiger partial charge in [-0.2, -0.15) is 16.8 Å². The van der Waals surface area contributed by atoms with E-state index < -0.39 is 30.9 Å². The Morgan fingerprint density at radius 1 is 0.958 bits per heavy atom. The van der Waals surface area contributed by atoms with Gasteiger partial charge in [0.2, 0.25) is 0 Å². The summed E-state index contributed by atoms with van der Waals surface area (Å²) in [6, 6.07) is 6.65. The van der Waals surface area contributed by atoms with E-state index in [-0.39, 0.29) is 71.4 Å². The maximum Gasteiger partial charge on any atom is 0.294 e. The summed E-state index contributed by atoms with van der Waals surface area (Å²) in [6.45, 7) is -0.0335. The molecule has 0 bridgehead atoms. The SMILES string of the molecule is O=S(=O)(O)CCNc1ccc2cc(S(=O)(=O)O)cc(O)c2c1.[Na].[Na]. The number of fused-ring (bicyclic) bond motifs is 1. The second-order valence-electron chi connectivity index (χ2n) is 4.57. The Morgan fingerprint density at radius 3 is 2.12 bits per heavy atom. The molecule has 0 amide bonds. The van der Waals surface area contributed by atoms with Crippen molar-refractivity contribution in [3.63, 3.8) is 0 Å². The van der Waals surface area contributed by atoms with Crippen LogP contribution in [0.15, 0.2) is 35.2 Å². The first-order valence-electron chi connectivity index (χ1n) is 5.99. The molecule has 0 aromatic heterocycles. The topological polar surface area (TPSA) is 141 Å². The van der Waals surface area contributed by atoms with Gasteiger partial charge in [-0.15, -0.1) is 0 Å². The molecule has 0 saturated carbocycles. The summed E-state index contributed by atoms with van der Waals surface area (Å²) in [4.78, 5) is -0.426. The van der Waals surface area contributed by atoms with Gasteiger partial charge >= 0.3 is 0 Å². The summed E-state index contributed by atoms with van der Waals surface area (Å²) in [6.07, 6.45) is 0. The predicted molar refractivity (Wildman–Crippen MR) is 91.8 cm³/mol. The van der Waals surface area contributed by atoms with E-state index in [1.165, 1.54) is 18.2 Å². The summed E-state index contributed by atoms with van der Waals surface area (Å²) in [7, 11) is -8.50. The van der Waals surface area contributed by atoms with Crippen molar-refractivity contribution in [1.29, 1.82) is 0 Å². The number of hydrogen-bond acceptors (Lipinski definition) is 6. The van der Waals surface area contributed by atoms with Crippen LogP contribution in [0.25, 0.3) is 10.8 Å². The monoisotopic (exact) mass is 393 g/mol. The van der Waals surface area contributed by atoms with Gasteiger partial charge in [-0.25, -0.2) is 0 Å². The number of rotatable bonds is 5. The first kappa shape index (κ1) is 24.1. The van der Waals surface area contributed by atoms with Gasteiger partial charge in [0, 0.05) is 82.8 Å². The van der Waals surface area contributed by atoms with Gasteiger partial charge in [-0.05, 0) is 23.6 Å². The minimum Gasteiger partial charge on any atom is -0.507 e. The average molecular weight is 393 g/mol. The van der Waals surface area contributed by atoms with Gasteiger partial charge in [0.15, 0.2) is 0 Å². The number of nitrogens with one attached hydrogen (secondary N) is 1. The number of anilines is 1. The molecule has 4 N–H and O–H groups in total. The molecule has 2 aromatic carbocycles. The van der Waals surface area contributed by atoms with Crippen molar-refractivity contribution >= 4 is 95.8 Å². The normalized spacial score (nSPS) is 11.4. The number of phenolic OH excluding ortho intramolecular Hbond substituents is 1. The van der Waals surface area contributed by atoms with Gasteiger partial charge in [0.1, 0.15) is 5.75 Å². The van der Waals surface area contributed by atoms with Crippen molar-refractivity contribution < 1.29 is 31.0 Å². The van der Waals surface area contributed by atoms with Crippen LogP contribution in [0.3, 0.4) is 0 Å². The van der Waals surface area contributed by atoms with Crippen LogP contribution >= 0.6 is 0 Å². The van der Waals surface area contributed by atoms with Gasteiger partial charge in [-0.3, -0.25) is 9.11 Å². The molecule has 0 fully saturated rings. The molecule has 0 heterocycles. The van der Waals surface area contributed by atoms with E-state index in [1.54, 1.807) is 6.07 Å². The summed E-state index contributed by atoms with van der Waals surface area (Å²) in [5.41, 5.74) is 0.478. The van der Waals surface area contributed by atoms with E-state index in [9.17, 15) is 21.9 Å². The molecule has 122 valence electrons. The quantitative estimate of drug-likeness (QED) is 0.421. The van der Waals surface area contributed by atoms with Crippen LogP contribution in [0, 0.1) is 0 Å². The first-order valence-corrected chi connectivity index (χ1v) is 9.04. The van der Waals surface area contributed by atoms with Crippen LogP contribution in [0.1, 0.15) is 0 Å². The van der Waals surface area contributed by atoms with E-state index in [0.717, 1.165) is 6.07 Å². The fraction of sp³-hybridized carbons (Fsp3) is 0.167. The fourth-order valence-electron chi connectivity index (χ4n) is 1.89. The zero-order valence-corrected chi connectivity index (χ0v) is 18.7. The maximum absolute atomic E-state index is 11.1. The van der Waals surface area contributed by atoms with Crippen molar-refractivity contribution in [2.24, 2.45) is 0 Å². The third kappa shape index (κ3) is 6.79. The van der Waals surface area contributed by atoms with Gasteiger partial charge in [-0.1, -0.05) is 6.07 Å². The molecular formula is C12H13NNa2O7S2. The predicted octanol–water partition coefficient (Wildman–Crippen LogP) is 0.330. The van der Waals surface area contributed by atoms with E-state index >= 15 is 0 Å². The minimum absolute atomic E-state index is 0. The third-order valence-electron chi connectivity index (χ3n) is 2.89. The summed E-state index contributed by atoms with van der Waals surface area (Å²) >= 11 is 0. The van der Waals surface area contributed by atoms with Crippen molar-refractivity contribution in [3.05, 3.63) is 30.3 Å². The number of benzene rings is 2. The summed E-state index contributed by atoms with van der Waals surface area (Å²) in [5.74, 6) is -0.817. The smallest absolute Gasteiger partial charge is 0.294 e. The van der Waals surface area contributed by atoms with Gasteiger partial charge in [0.05, 0.1) is 10.6 Å². The Labute approximate surface area is 183 Å². The Morgan fingerprint density at radius 2 is 1.58 bits per heavy atom. The molecule has 0 aliphatic carbocycles. The molecule has 0 atom stereocenters. The zero-order valence-electron chi connectivity index (χ0n) is 13.1. The summed E-state index contributed by atoms with van der Waals surface area (Å²) < 4.78 is 61.0. The largest absolute Gasteiger partial charge is 0.507 e. The van der Waals surface area contributed by atoms with E-state index in [1.807, 2.05) is 0 Å². The summed E-state index contributed by atoms with van der Waals surface area (Å²) in [5, 5.41) is 13.3. The average Bonchev–Trinajstić information content (AvgIpc) is 2.36. The molecule has 2 rings (SSSR count). The van der Waals surface area contributed by atoms with E-state index in [2.05, 4.69) is 5.32 Å². The first-order chi connectivity index (χ1) is 10.1. The minimum atomic E-state index is -4.43. The van der Waals surface area contributed by atoms with Gasteiger partial charge in [0.25, 0.3) is 20.2 Å². The molecular weight excluding hydrogens is 380 g/mol. The van der Waals surface area contributed by atoms with Crippen molar-refractivity contribution in [3.8, 4) is 5.75 Å². The van der Waals surface area contributed by atoms with Crippen LogP contribution in [-0.2, 0) is 20.2 Å². The van der Waals surface area contributed by atoms with Crippen LogP contribution in [-0.4, -0.2) is 102 Å². The number of phenols is 1. The molecule has 0 aliphatic heterocycles. The van der Waals surface area contributed by atoms with Crippen LogP contribution in [0.5, 0.6) is 5.75 Å². The second-order valence-corrected chi connectivity index (χ2v) is 7.56. The van der Waals surface area contributed by atoms with Crippen LogP contribution in [0.4, 0.5) is 5.69 Å².